The molecule has 0 spiro atoms. The lowest BCUT2D eigenvalue weighted by molar-refractivity contribution is 0.340. The number of hydrogen-bond donors (Lipinski definition) is 1. The quantitative estimate of drug-likeness (QED) is 0.832. The van der Waals surface area contributed by atoms with E-state index < -0.39 is 0 Å². The molecule has 0 saturated carbocycles. The molecule has 108 valence electrons. The van der Waals surface area contributed by atoms with Gasteiger partial charge in [0.15, 0.2) is 0 Å². The van der Waals surface area contributed by atoms with Crippen molar-refractivity contribution in [2.24, 2.45) is 0 Å². The number of nitrogens with zero attached hydrogens (tertiary/aromatic N) is 2. The highest BCUT2D eigenvalue weighted by Gasteiger charge is 2.04. The molecule has 1 atom stereocenters. The van der Waals surface area contributed by atoms with E-state index in [9.17, 15) is 0 Å². The molecular formula is C16H23N3O. The lowest BCUT2D eigenvalue weighted by atomic mass is 10.3. The first-order chi connectivity index (χ1) is 9.72. The average molecular weight is 273 g/mol. The number of benzene rings is 1. The molecule has 20 heavy (non-hydrogen) atoms. The summed E-state index contributed by atoms with van der Waals surface area (Å²) in [6, 6.07) is 10.5. The Hall–Kier alpha value is -1.97. The van der Waals surface area contributed by atoms with E-state index in [0.29, 0.717) is 12.6 Å². The van der Waals surface area contributed by atoms with Gasteiger partial charge >= 0.3 is 0 Å². The fraction of sp³-hybridized carbons (Fsp3) is 0.438. The number of rotatable bonds is 7. The second-order valence-corrected chi connectivity index (χ2v) is 4.86. The maximum absolute atomic E-state index is 5.49. The molecule has 0 saturated heterocycles. The number of nitrogens with one attached hydrogen (secondary N) is 1. The zero-order valence-electron chi connectivity index (χ0n) is 12.5. The Morgan fingerprint density at radius 3 is 2.90 bits per heavy atom. The Morgan fingerprint density at radius 2 is 2.15 bits per heavy atom. The van der Waals surface area contributed by atoms with Gasteiger partial charge in [0.05, 0.1) is 18.8 Å². The van der Waals surface area contributed by atoms with Crippen molar-refractivity contribution < 1.29 is 4.74 Å². The molecule has 4 nitrogen and oxygen atoms in total. The Kier molecular flexibility index (Phi) is 5.04. The number of ether oxygens (including phenoxy) is 1. The van der Waals surface area contributed by atoms with E-state index in [1.165, 1.54) is 0 Å². The molecule has 0 amide bonds. The minimum Gasteiger partial charge on any atom is -0.494 e. The molecule has 1 heterocycles. The van der Waals surface area contributed by atoms with Gasteiger partial charge in [0.1, 0.15) is 5.75 Å². The van der Waals surface area contributed by atoms with Gasteiger partial charge in [-0.05, 0) is 38.5 Å². The van der Waals surface area contributed by atoms with Crippen LogP contribution in [0.5, 0.6) is 5.75 Å². The van der Waals surface area contributed by atoms with Crippen LogP contribution in [0.3, 0.4) is 0 Å². The zero-order valence-corrected chi connectivity index (χ0v) is 12.5. The van der Waals surface area contributed by atoms with E-state index in [-0.39, 0.29) is 0 Å². The molecule has 1 unspecified atom stereocenters. The topological polar surface area (TPSA) is 39.1 Å². The fourth-order valence-electron chi connectivity index (χ4n) is 1.96. The van der Waals surface area contributed by atoms with Crippen LogP contribution < -0.4 is 10.1 Å². The smallest absolute Gasteiger partial charge is 0.121 e. The standard InChI is InChI=1S/C16H23N3O/c1-4-13(3)19-10-9-15(18-19)12-17-14-7-6-8-16(11-14)20-5-2/h6-11,13,17H,4-5,12H2,1-3H3. The maximum atomic E-state index is 5.49. The van der Waals surface area contributed by atoms with E-state index in [4.69, 9.17) is 4.74 Å². The average Bonchev–Trinajstić information content (AvgIpc) is 2.94. The Labute approximate surface area is 120 Å². The Morgan fingerprint density at radius 1 is 1.30 bits per heavy atom. The van der Waals surface area contributed by atoms with E-state index in [2.05, 4.69) is 30.3 Å². The summed E-state index contributed by atoms with van der Waals surface area (Å²) in [5.74, 6) is 0.891. The second-order valence-electron chi connectivity index (χ2n) is 4.86. The van der Waals surface area contributed by atoms with Gasteiger partial charge in [-0.25, -0.2) is 0 Å². The highest BCUT2D eigenvalue weighted by atomic mass is 16.5. The van der Waals surface area contributed by atoms with Crippen molar-refractivity contribution in [2.45, 2.75) is 39.8 Å². The van der Waals surface area contributed by atoms with Crippen molar-refractivity contribution in [1.29, 1.82) is 0 Å². The van der Waals surface area contributed by atoms with E-state index in [1.54, 1.807) is 0 Å². The van der Waals surface area contributed by atoms with Crippen molar-refractivity contribution in [1.82, 2.24) is 9.78 Å². The van der Waals surface area contributed by atoms with Crippen LogP contribution >= 0.6 is 0 Å². The van der Waals surface area contributed by atoms with Crippen LogP contribution in [0.4, 0.5) is 5.69 Å². The normalized spacial score (nSPS) is 12.2. The molecule has 1 aromatic carbocycles. The van der Waals surface area contributed by atoms with Crippen LogP contribution in [0, 0.1) is 0 Å². The molecule has 1 aromatic heterocycles. The van der Waals surface area contributed by atoms with Gasteiger partial charge in [-0.3, -0.25) is 4.68 Å². The van der Waals surface area contributed by atoms with E-state index in [0.717, 1.165) is 30.1 Å². The lowest BCUT2D eigenvalue weighted by Gasteiger charge is -2.09. The molecular weight excluding hydrogens is 250 g/mol. The number of hydrogen-bond acceptors (Lipinski definition) is 3. The summed E-state index contributed by atoms with van der Waals surface area (Å²) in [6.07, 6.45) is 3.13. The highest BCUT2D eigenvalue weighted by Crippen LogP contribution is 2.18. The van der Waals surface area contributed by atoms with Crippen molar-refractivity contribution in [3.63, 3.8) is 0 Å². The molecule has 0 aliphatic rings. The number of aromatic nitrogens is 2. The molecule has 0 radical (unpaired) electrons. The van der Waals surface area contributed by atoms with Gasteiger partial charge < -0.3 is 10.1 Å². The summed E-state index contributed by atoms with van der Waals surface area (Å²) in [6.45, 7) is 7.74. The molecule has 2 rings (SSSR count). The van der Waals surface area contributed by atoms with E-state index >= 15 is 0 Å². The van der Waals surface area contributed by atoms with Crippen molar-refractivity contribution in [2.75, 3.05) is 11.9 Å². The third kappa shape index (κ3) is 3.76. The lowest BCUT2D eigenvalue weighted by Crippen LogP contribution is -2.06. The van der Waals surface area contributed by atoms with Crippen LogP contribution in [0.1, 0.15) is 38.9 Å². The molecule has 4 heteroatoms. The molecule has 1 N–H and O–H groups in total. The van der Waals surface area contributed by atoms with E-state index in [1.807, 2.05) is 42.1 Å². The predicted octanol–water partition coefficient (Wildman–Crippen LogP) is 3.86. The summed E-state index contributed by atoms with van der Waals surface area (Å²) in [5.41, 5.74) is 2.10. The number of anilines is 1. The van der Waals surface area contributed by atoms with Gasteiger partial charge in [0, 0.05) is 24.0 Å². The van der Waals surface area contributed by atoms with Gasteiger partial charge in [-0.15, -0.1) is 0 Å². The van der Waals surface area contributed by atoms with Crippen LogP contribution in [0.15, 0.2) is 36.5 Å². The van der Waals surface area contributed by atoms with Crippen LogP contribution in [-0.2, 0) is 6.54 Å². The molecule has 0 bridgehead atoms. The van der Waals surface area contributed by atoms with Gasteiger partial charge in [0.25, 0.3) is 0 Å². The van der Waals surface area contributed by atoms with Crippen molar-refractivity contribution in [3.05, 3.63) is 42.2 Å². The van der Waals surface area contributed by atoms with Gasteiger partial charge in [0.2, 0.25) is 0 Å². The fourth-order valence-corrected chi connectivity index (χ4v) is 1.96. The Balaban J connectivity index is 1.94. The SMILES string of the molecule is CCOc1cccc(NCc2ccn(C(C)CC)n2)c1. The van der Waals surface area contributed by atoms with Crippen molar-refractivity contribution >= 4 is 5.69 Å². The second kappa shape index (κ2) is 6.98. The molecule has 0 fully saturated rings. The summed E-state index contributed by atoms with van der Waals surface area (Å²) in [5, 5.41) is 7.95. The molecule has 2 aromatic rings. The third-order valence-electron chi connectivity index (χ3n) is 3.32. The maximum Gasteiger partial charge on any atom is 0.121 e. The molecule has 0 aliphatic carbocycles. The first-order valence-corrected chi connectivity index (χ1v) is 7.23. The Bertz CT molecular complexity index is 536. The van der Waals surface area contributed by atoms with Gasteiger partial charge in [-0.2, -0.15) is 5.10 Å². The minimum atomic E-state index is 0.449. The summed E-state index contributed by atoms with van der Waals surface area (Å²) >= 11 is 0. The monoisotopic (exact) mass is 273 g/mol. The summed E-state index contributed by atoms with van der Waals surface area (Å²) in [4.78, 5) is 0. The highest BCUT2D eigenvalue weighted by molar-refractivity contribution is 5.48. The largest absolute Gasteiger partial charge is 0.494 e. The summed E-state index contributed by atoms with van der Waals surface area (Å²) < 4.78 is 7.51. The first kappa shape index (κ1) is 14.4. The van der Waals surface area contributed by atoms with Crippen LogP contribution in [0.25, 0.3) is 0 Å². The minimum absolute atomic E-state index is 0.449. The molecule has 0 aliphatic heterocycles. The van der Waals surface area contributed by atoms with Crippen LogP contribution in [0.2, 0.25) is 0 Å². The third-order valence-corrected chi connectivity index (χ3v) is 3.32. The van der Waals surface area contributed by atoms with Gasteiger partial charge in [-0.1, -0.05) is 13.0 Å². The first-order valence-electron chi connectivity index (χ1n) is 7.23. The zero-order chi connectivity index (χ0) is 14.4. The van der Waals surface area contributed by atoms with Crippen molar-refractivity contribution in [3.8, 4) is 5.75 Å². The van der Waals surface area contributed by atoms with Crippen LogP contribution in [-0.4, -0.2) is 16.4 Å². The summed E-state index contributed by atoms with van der Waals surface area (Å²) in [7, 11) is 0. The predicted molar refractivity (Wildman–Crippen MR) is 82.2 cm³/mol.